The first kappa shape index (κ1) is 17.1. The molecule has 1 fully saturated rings. The van der Waals surface area contributed by atoms with Gasteiger partial charge in [0.15, 0.2) is 0 Å². The summed E-state index contributed by atoms with van der Waals surface area (Å²) in [4.78, 5) is 34.4. The molecule has 3 heterocycles. The van der Waals surface area contributed by atoms with Crippen molar-refractivity contribution in [3.63, 3.8) is 0 Å². The molecule has 1 unspecified atom stereocenters. The minimum absolute atomic E-state index is 0.0470. The number of carbonyl (C=O) groups is 2. The number of fused-ring (bicyclic) bond motifs is 1. The molecule has 1 aliphatic rings. The maximum Gasteiger partial charge on any atom is 0.361 e. The van der Waals surface area contributed by atoms with Gasteiger partial charge in [-0.2, -0.15) is 4.98 Å². The maximum absolute atomic E-state index is 12.1. The predicted octanol–water partition coefficient (Wildman–Crippen LogP) is 1.57. The Morgan fingerprint density at radius 1 is 1.28 bits per heavy atom. The largest absolute Gasteiger partial charge is 0.466 e. The summed E-state index contributed by atoms with van der Waals surface area (Å²) in [6, 6.07) is 0. The zero-order chi connectivity index (χ0) is 17.8. The van der Waals surface area contributed by atoms with Crippen molar-refractivity contribution in [3.8, 4) is 0 Å². The summed E-state index contributed by atoms with van der Waals surface area (Å²) < 4.78 is 15.3. The van der Waals surface area contributed by atoms with E-state index in [2.05, 4.69) is 15.1 Å². The second-order valence-electron chi connectivity index (χ2n) is 5.67. The van der Waals surface area contributed by atoms with E-state index in [0.29, 0.717) is 30.9 Å². The van der Waals surface area contributed by atoms with E-state index in [4.69, 9.17) is 14.0 Å². The molecule has 0 aromatic carbocycles. The maximum atomic E-state index is 12.1. The lowest BCUT2D eigenvalue weighted by Gasteiger charge is -2.32. The highest BCUT2D eigenvalue weighted by molar-refractivity contribution is 6.04. The third-order valence-electron chi connectivity index (χ3n) is 4.06. The number of nitrogens with zero attached hydrogens (tertiary/aromatic N) is 4. The fourth-order valence-electron chi connectivity index (χ4n) is 2.97. The van der Waals surface area contributed by atoms with Gasteiger partial charge < -0.3 is 18.9 Å². The van der Waals surface area contributed by atoms with Crippen molar-refractivity contribution >= 4 is 28.9 Å². The molecule has 0 radical (unpaired) electrons. The van der Waals surface area contributed by atoms with Gasteiger partial charge in [-0.1, -0.05) is 5.16 Å². The van der Waals surface area contributed by atoms with Crippen LogP contribution in [-0.2, 0) is 14.3 Å². The zero-order valence-electron chi connectivity index (χ0n) is 14.2. The quantitative estimate of drug-likeness (QED) is 0.744. The van der Waals surface area contributed by atoms with E-state index in [0.717, 1.165) is 12.8 Å². The van der Waals surface area contributed by atoms with Gasteiger partial charge >= 0.3 is 11.9 Å². The SMILES string of the molecule is CCOC(=O)c1noc2ncnc(N3CCCC(C(=O)OCC)C3)c12. The molecule has 1 atom stereocenters. The minimum atomic E-state index is -0.587. The number of esters is 2. The van der Waals surface area contributed by atoms with Crippen LogP contribution in [0.5, 0.6) is 0 Å². The van der Waals surface area contributed by atoms with Crippen molar-refractivity contribution in [3.05, 3.63) is 12.0 Å². The minimum Gasteiger partial charge on any atom is -0.466 e. The van der Waals surface area contributed by atoms with Gasteiger partial charge in [0, 0.05) is 13.1 Å². The predicted molar refractivity (Wildman–Crippen MR) is 87.1 cm³/mol. The number of piperidine rings is 1. The number of ether oxygens (including phenoxy) is 2. The smallest absolute Gasteiger partial charge is 0.361 e. The second kappa shape index (κ2) is 7.45. The van der Waals surface area contributed by atoms with E-state index in [9.17, 15) is 9.59 Å². The first-order valence-electron chi connectivity index (χ1n) is 8.34. The van der Waals surface area contributed by atoms with Crippen molar-refractivity contribution < 1.29 is 23.6 Å². The van der Waals surface area contributed by atoms with Crippen molar-refractivity contribution in [2.45, 2.75) is 26.7 Å². The molecule has 0 bridgehead atoms. The third kappa shape index (κ3) is 3.40. The topological polar surface area (TPSA) is 108 Å². The second-order valence-corrected chi connectivity index (χ2v) is 5.67. The van der Waals surface area contributed by atoms with Crippen LogP contribution in [0, 0.1) is 5.92 Å². The number of hydrogen-bond donors (Lipinski definition) is 0. The molecule has 0 saturated carbocycles. The number of rotatable bonds is 5. The molecule has 0 amide bonds. The fourth-order valence-corrected chi connectivity index (χ4v) is 2.97. The number of carbonyl (C=O) groups excluding carboxylic acids is 2. The molecule has 9 nitrogen and oxygen atoms in total. The van der Waals surface area contributed by atoms with Gasteiger partial charge in [-0.15, -0.1) is 0 Å². The zero-order valence-corrected chi connectivity index (χ0v) is 14.2. The van der Waals surface area contributed by atoms with Crippen LogP contribution < -0.4 is 4.90 Å². The van der Waals surface area contributed by atoms with Gasteiger partial charge in [0.05, 0.1) is 19.1 Å². The number of hydrogen-bond acceptors (Lipinski definition) is 9. The van der Waals surface area contributed by atoms with E-state index in [1.807, 2.05) is 4.90 Å². The Morgan fingerprint density at radius 2 is 2.08 bits per heavy atom. The Balaban J connectivity index is 1.93. The Morgan fingerprint density at radius 3 is 2.84 bits per heavy atom. The molecule has 25 heavy (non-hydrogen) atoms. The number of anilines is 1. The average Bonchev–Trinajstić information content (AvgIpc) is 3.06. The Bertz CT molecular complexity index is 775. The summed E-state index contributed by atoms with van der Waals surface area (Å²) in [6.07, 6.45) is 2.93. The van der Waals surface area contributed by atoms with E-state index < -0.39 is 5.97 Å². The highest BCUT2D eigenvalue weighted by Crippen LogP contribution is 2.30. The van der Waals surface area contributed by atoms with Crippen LogP contribution in [0.2, 0.25) is 0 Å². The van der Waals surface area contributed by atoms with Crippen LogP contribution in [0.15, 0.2) is 10.9 Å². The average molecular weight is 348 g/mol. The lowest BCUT2D eigenvalue weighted by Crippen LogP contribution is -2.40. The summed E-state index contributed by atoms with van der Waals surface area (Å²) in [5.74, 6) is -0.516. The van der Waals surface area contributed by atoms with Crippen molar-refractivity contribution in [1.82, 2.24) is 15.1 Å². The molecular weight excluding hydrogens is 328 g/mol. The molecule has 3 rings (SSSR count). The van der Waals surface area contributed by atoms with Crippen molar-refractivity contribution in [2.24, 2.45) is 5.92 Å². The van der Waals surface area contributed by atoms with Gasteiger partial charge in [0.1, 0.15) is 17.5 Å². The standard InChI is InChI=1S/C16H20N4O5/c1-3-23-15(21)10-6-5-7-20(8-10)13-11-12(16(22)24-4-2)19-25-14(11)18-9-17-13/h9-10H,3-8H2,1-2H3. The van der Waals surface area contributed by atoms with E-state index in [1.54, 1.807) is 13.8 Å². The van der Waals surface area contributed by atoms with Crippen LogP contribution in [-0.4, -0.2) is 53.4 Å². The van der Waals surface area contributed by atoms with Crippen LogP contribution in [0.4, 0.5) is 5.82 Å². The number of aromatic nitrogens is 3. The van der Waals surface area contributed by atoms with Gasteiger partial charge in [0.2, 0.25) is 5.69 Å². The molecule has 0 N–H and O–H groups in total. The molecule has 1 aliphatic heterocycles. The molecule has 0 spiro atoms. The monoisotopic (exact) mass is 348 g/mol. The van der Waals surface area contributed by atoms with Crippen LogP contribution in [0.1, 0.15) is 37.2 Å². The van der Waals surface area contributed by atoms with Gasteiger partial charge in [-0.25, -0.2) is 9.78 Å². The Labute approximate surface area is 144 Å². The Hall–Kier alpha value is -2.71. The first-order valence-corrected chi connectivity index (χ1v) is 8.34. The van der Waals surface area contributed by atoms with Crippen molar-refractivity contribution in [1.29, 1.82) is 0 Å². The highest BCUT2D eigenvalue weighted by atomic mass is 16.5. The van der Waals surface area contributed by atoms with Gasteiger partial charge in [-0.3, -0.25) is 4.79 Å². The first-order chi connectivity index (χ1) is 12.2. The summed E-state index contributed by atoms with van der Waals surface area (Å²) in [5, 5.41) is 4.19. The molecule has 1 saturated heterocycles. The third-order valence-corrected chi connectivity index (χ3v) is 4.06. The summed E-state index contributed by atoms with van der Waals surface area (Å²) in [5.41, 5.74) is 0.261. The molecular formula is C16H20N4O5. The van der Waals surface area contributed by atoms with Gasteiger partial charge in [-0.05, 0) is 26.7 Å². The molecule has 2 aromatic heterocycles. The fraction of sp³-hybridized carbons (Fsp3) is 0.562. The lowest BCUT2D eigenvalue weighted by atomic mass is 9.98. The van der Waals surface area contributed by atoms with Crippen LogP contribution >= 0.6 is 0 Å². The van der Waals surface area contributed by atoms with E-state index in [1.165, 1.54) is 6.33 Å². The molecule has 9 heteroatoms. The summed E-state index contributed by atoms with van der Waals surface area (Å²) >= 11 is 0. The van der Waals surface area contributed by atoms with Crippen molar-refractivity contribution in [2.75, 3.05) is 31.2 Å². The highest BCUT2D eigenvalue weighted by Gasteiger charge is 2.31. The molecule has 134 valence electrons. The molecule has 2 aromatic rings. The lowest BCUT2D eigenvalue weighted by molar-refractivity contribution is -0.148. The molecule has 0 aliphatic carbocycles. The van der Waals surface area contributed by atoms with E-state index in [-0.39, 0.29) is 29.9 Å². The van der Waals surface area contributed by atoms with Crippen LogP contribution in [0.3, 0.4) is 0 Å². The normalized spacial score (nSPS) is 17.5. The Kier molecular flexibility index (Phi) is 5.11. The van der Waals surface area contributed by atoms with E-state index >= 15 is 0 Å². The summed E-state index contributed by atoms with van der Waals surface area (Å²) in [6.45, 7) is 5.24. The van der Waals surface area contributed by atoms with Gasteiger partial charge in [0.25, 0.3) is 5.71 Å². The summed E-state index contributed by atoms with van der Waals surface area (Å²) in [7, 11) is 0. The van der Waals surface area contributed by atoms with Crippen LogP contribution in [0.25, 0.3) is 11.1 Å².